The Morgan fingerprint density at radius 1 is 1.79 bits per heavy atom. The minimum Gasteiger partial charge on any atom is -0.300 e. The van der Waals surface area contributed by atoms with Gasteiger partial charge in [-0.3, -0.25) is 9.45 Å². The highest BCUT2D eigenvalue weighted by atomic mass is 32.2. The fraction of sp³-hybridized carbons (Fsp3) is 0.750. The smallest absolute Gasteiger partial charge is 0.281 e. The van der Waals surface area contributed by atoms with E-state index in [1.165, 1.54) is 6.92 Å². The van der Waals surface area contributed by atoms with Crippen LogP contribution in [0.2, 0.25) is 0 Å². The second kappa shape index (κ2) is 4.39. The summed E-state index contributed by atoms with van der Waals surface area (Å²) in [6, 6.07) is 0. The van der Waals surface area contributed by atoms with Crippen LogP contribution in [0.25, 0.3) is 0 Å². The Hall–Kier alpha value is -0.430. The second-order valence-corrected chi connectivity index (χ2v) is 5.06. The highest BCUT2D eigenvalue weighted by molar-refractivity contribution is 7.86. The van der Waals surface area contributed by atoms with E-state index in [4.69, 9.17) is 4.55 Å². The molecule has 0 bridgehead atoms. The number of nitrogens with one attached hydrogen (secondary N) is 1. The lowest BCUT2D eigenvalue weighted by Crippen LogP contribution is -2.44. The first kappa shape index (κ1) is 11.6. The highest BCUT2D eigenvalue weighted by Crippen LogP contribution is 2.15. The van der Waals surface area contributed by atoms with Gasteiger partial charge in [-0.25, -0.2) is 0 Å². The summed E-state index contributed by atoms with van der Waals surface area (Å²) in [7, 11) is -3.99. The molecule has 1 aliphatic rings. The van der Waals surface area contributed by atoms with Crippen LogP contribution in [0.1, 0.15) is 13.3 Å². The highest BCUT2D eigenvalue weighted by Gasteiger charge is 2.33. The largest absolute Gasteiger partial charge is 0.300 e. The molecule has 0 aliphatic carbocycles. The van der Waals surface area contributed by atoms with Crippen molar-refractivity contribution in [3.63, 3.8) is 0 Å². The molecule has 0 aromatic carbocycles. The van der Waals surface area contributed by atoms with Crippen LogP contribution in [0.4, 0.5) is 0 Å². The SMILES string of the molecule is C=CCC1NCCN1C(C)S(=O)(=O)O. The average molecular weight is 220 g/mol. The van der Waals surface area contributed by atoms with E-state index in [2.05, 4.69) is 11.9 Å². The molecule has 1 fully saturated rings. The van der Waals surface area contributed by atoms with Crippen LogP contribution in [0.15, 0.2) is 12.7 Å². The Morgan fingerprint density at radius 2 is 2.43 bits per heavy atom. The molecule has 0 aromatic heterocycles. The normalized spacial score (nSPS) is 26.3. The monoisotopic (exact) mass is 220 g/mol. The minimum absolute atomic E-state index is 0.0376. The van der Waals surface area contributed by atoms with Crippen molar-refractivity contribution in [1.29, 1.82) is 0 Å². The minimum atomic E-state index is -3.99. The van der Waals surface area contributed by atoms with Gasteiger partial charge in [0, 0.05) is 13.1 Å². The van der Waals surface area contributed by atoms with E-state index in [0.29, 0.717) is 13.0 Å². The standard InChI is InChI=1S/C8H16N2O3S/c1-3-4-8-9-5-6-10(8)7(2)14(11,12)13/h3,7-9H,1,4-6H2,2H3,(H,11,12,13). The van der Waals surface area contributed by atoms with E-state index < -0.39 is 15.5 Å². The van der Waals surface area contributed by atoms with Crippen LogP contribution in [0, 0.1) is 0 Å². The van der Waals surface area contributed by atoms with Crippen LogP contribution >= 0.6 is 0 Å². The van der Waals surface area contributed by atoms with Gasteiger partial charge in [-0.2, -0.15) is 8.42 Å². The molecule has 1 aliphatic heterocycles. The van der Waals surface area contributed by atoms with Gasteiger partial charge >= 0.3 is 0 Å². The van der Waals surface area contributed by atoms with E-state index in [9.17, 15) is 8.42 Å². The molecule has 1 heterocycles. The maximum atomic E-state index is 10.9. The van der Waals surface area contributed by atoms with Gasteiger partial charge in [-0.15, -0.1) is 6.58 Å². The predicted octanol–water partition coefficient (Wildman–Crippen LogP) is 0.0276. The van der Waals surface area contributed by atoms with Crippen LogP contribution in [-0.2, 0) is 10.1 Å². The maximum Gasteiger partial charge on any atom is 0.281 e. The molecule has 0 spiro atoms. The Bertz CT molecular complexity index is 302. The Morgan fingerprint density at radius 3 is 2.93 bits per heavy atom. The van der Waals surface area contributed by atoms with Crippen molar-refractivity contribution < 1.29 is 13.0 Å². The Kier molecular flexibility index (Phi) is 3.65. The summed E-state index contributed by atoms with van der Waals surface area (Å²) >= 11 is 0. The van der Waals surface area contributed by atoms with E-state index in [1.54, 1.807) is 11.0 Å². The van der Waals surface area contributed by atoms with Crippen molar-refractivity contribution >= 4 is 10.1 Å². The maximum absolute atomic E-state index is 10.9. The zero-order chi connectivity index (χ0) is 10.8. The van der Waals surface area contributed by atoms with Gasteiger partial charge in [-0.05, 0) is 13.3 Å². The van der Waals surface area contributed by atoms with E-state index >= 15 is 0 Å². The molecule has 0 aromatic rings. The molecule has 2 atom stereocenters. The quantitative estimate of drug-likeness (QED) is 0.516. The molecule has 6 heteroatoms. The zero-order valence-electron chi connectivity index (χ0n) is 8.18. The number of hydrogen-bond donors (Lipinski definition) is 2. The summed E-state index contributed by atoms with van der Waals surface area (Å²) < 4.78 is 30.8. The summed E-state index contributed by atoms with van der Waals surface area (Å²) in [6.07, 6.45) is 2.36. The van der Waals surface area contributed by atoms with Crippen molar-refractivity contribution in [1.82, 2.24) is 10.2 Å². The first-order valence-corrected chi connectivity index (χ1v) is 6.03. The molecule has 0 radical (unpaired) electrons. The van der Waals surface area contributed by atoms with Gasteiger partial charge in [0.1, 0.15) is 5.37 Å². The molecule has 2 N–H and O–H groups in total. The van der Waals surface area contributed by atoms with E-state index in [-0.39, 0.29) is 6.17 Å². The van der Waals surface area contributed by atoms with Crippen molar-refractivity contribution in [2.45, 2.75) is 24.9 Å². The third kappa shape index (κ3) is 2.54. The summed E-state index contributed by atoms with van der Waals surface area (Å²) in [6.45, 7) is 6.45. The fourth-order valence-electron chi connectivity index (χ4n) is 1.62. The van der Waals surface area contributed by atoms with Crippen LogP contribution in [0.3, 0.4) is 0 Å². The second-order valence-electron chi connectivity index (χ2n) is 3.35. The Balaban J connectivity index is 2.71. The summed E-state index contributed by atoms with van der Waals surface area (Å²) in [5.41, 5.74) is 0. The molecule has 1 saturated heterocycles. The topological polar surface area (TPSA) is 69.6 Å². The van der Waals surface area contributed by atoms with Gasteiger partial charge in [0.2, 0.25) is 0 Å². The van der Waals surface area contributed by atoms with Crippen LogP contribution in [0.5, 0.6) is 0 Å². The molecule has 1 rings (SSSR count). The molecule has 0 amide bonds. The van der Waals surface area contributed by atoms with Gasteiger partial charge in [0.15, 0.2) is 0 Å². The van der Waals surface area contributed by atoms with Crippen molar-refractivity contribution in [3.05, 3.63) is 12.7 Å². The Labute approximate surface area is 84.5 Å². The molecule has 82 valence electrons. The summed E-state index contributed by atoms with van der Waals surface area (Å²) in [5.74, 6) is 0. The average Bonchev–Trinajstić information content (AvgIpc) is 2.50. The van der Waals surface area contributed by atoms with Gasteiger partial charge in [0.25, 0.3) is 10.1 Å². The lowest BCUT2D eigenvalue weighted by atomic mass is 10.3. The third-order valence-electron chi connectivity index (χ3n) is 2.44. The number of nitrogens with zero attached hydrogens (tertiary/aromatic N) is 1. The van der Waals surface area contributed by atoms with Crippen LogP contribution < -0.4 is 5.32 Å². The van der Waals surface area contributed by atoms with Crippen molar-refractivity contribution in [3.8, 4) is 0 Å². The first-order valence-electron chi connectivity index (χ1n) is 4.53. The molecule has 5 nitrogen and oxygen atoms in total. The molecular weight excluding hydrogens is 204 g/mol. The first-order chi connectivity index (χ1) is 6.46. The fourth-order valence-corrected chi connectivity index (χ4v) is 2.21. The van der Waals surface area contributed by atoms with Crippen molar-refractivity contribution in [2.75, 3.05) is 13.1 Å². The third-order valence-corrected chi connectivity index (χ3v) is 3.57. The summed E-state index contributed by atoms with van der Waals surface area (Å²) in [4.78, 5) is 1.72. The van der Waals surface area contributed by atoms with Crippen LogP contribution in [-0.4, -0.2) is 42.5 Å². The predicted molar refractivity (Wildman–Crippen MR) is 54.3 cm³/mol. The molecule has 14 heavy (non-hydrogen) atoms. The van der Waals surface area contributed by atoms with Gasteiger partial charge in [-0.1, -0.05) is 6.08 Å². The molecule has 2 unspecified atom stereocenters. The zero-order valence-corrected chi connectivity index (χ0v) is 9.00. The van der Waals surface area contributed by atoms with E-state index in [0.717, 1.165) is 6.54 Å². The van der Waals surface area contributed by atoms with E-state index in [1.807, 2.05) is 0 Å². The molecular formula is C8H16N2O3S. The molecule has 0 saturated carbocycles. The number of hydrogen-bond acceptors (Lipinski definition) is 4. The number of rotatable bonds is 4. The van der Waals surface area contributed by atoms with Gasteiger partial charge in [0.05, 0.1) is 6.17 Å². The van der Waals surface area contributed by atoms with Crippen molar-refractivity contribution in [2.24, 2.45) is 0 Å². The summed E-state index contributed by atoms with van der Waals surface area (Å²) in [5, 5.41) is 2.28. The lowest BCUT2D eigenvalue weighted by molar-refractivity contribution is 0.220. The van der Waals surface area contributed by atoms with Gasteiger partial charge < -0.3 is 5.32 Å². The lowest BCUT2D eigenvalue weighted by Gasteiger charge is -2.27.